The lowest BCUT2D eigenvalue weighted by Crippen LogP contribution is -2.02. The highest BCUT2D eigenvalue weighted by Crippen LogP contribution is 2.45. The zero-order chi connectivity index (χ0) is 29.3. The first-order chi connectivity index (χ1) is 21.8. The normalized spacial score (nSPS) is 13.0. The van der Waals surface area contributed by atoms with Crippen LogP contribution >= 0.6 is 0 Å². The minimum atomic E-state index is 0.414. The zero-order valence-electron chi connectivity index (χ0n) is 24.0. The van der Waals surface area contributed by atoms with E-state index in [1.165, 1.54) is 22.3 Å². The zero-order valence-corrected chi connectivity index (χ0v) is 24.0. The van der Waals surface area contributed by atoms with Gasteiger partial charge in [0.15, 0.2) is 5.75 Å². The van der Waals surface area contributed by atoms with Gasteiger partial charge >= 0.3 is 0 Å². The minimum Gasteiger partial charge on any atom is -0.437 e. The second kappa shape index (κ2) is 11.2. The average molecular weight is 576 g/mol. The molecule has 0 saturated heterocycles. The summed E-state index contributed by atoms with van der Waals surface area (Å²) >= 11 is 0. The van der Waals surface area contributed by atoms with Crippen molar-refractivity contribution in [2.75, 3.05) is 10.6 Å². The molecule has 0 saturated carbocycles. The molecule has 7 nitrogen and oxygen atoms in total. The average Bonchev–Trinajstić information content (AvgIpc) is 3.38. The third kappa shape index (κ3) is 4.98. The Labute approximate surface area is 255 Å². The van der Waals surface area contributed by atoms with Gasteiger partial charge in [-0.3, -0.25) is 0 Å². The molecule has 0 radical (unpaired) electrons. The largest absolute Gasteiger partial charge is 0.437 e. The van der Waals surface area contributed by atoms with E-state index >= 15 is 0 Å². The molecule has 0 amide bonds. The van der Waals surface area contributed by atoms with Gasteiger partial charge in [0.1, 0.15) is 5.82 Å². The Morgan fingerprint density at radius 1 is 0.455 bits per heavy atom. The molecule has 6 aromatic rings. The molecule has 0 atom stereocenters. The van der Waals surface area contributed by atoms with E-state index in [4.69, 9.17) is 9.47 Å². The van der Waals surface area contributed by atoms with Crippen LogP contribution in [0, 0.1) is 0 Å². The lowest BCUT2D eigenvalue weighted by molar-refractivity contribution is 0.417. The van der Waals surface area contributed by atoms with Gasteiger partial charge in [-0.1, -0.05) is 66.7 Å². The lowest BCUT2D eigenvalue weighted by Gasteiger charge is -2.20. The minimum absolute atomic E-state index is 0.414. The van der Waals surface area contributed by atoms with Crippen LogP contribution in [0.3, 0.4) is 0 Å². The third-order valence-electron chi connectivity index (χ3n) is 8.18. The number of hydrogen-bond acceptors (Lipinski definition) is 7. The second-order valence-corrected chi connectivity index (χ2v) is 10.9. The summed E-state index contributed by atoms with van der Waals surface area (Å²) in [4.78, 5) is 13.5. The van der Waals surface area contributed by atoms with Gasteiger partial charge in [0.25, 0.3) is 0 Å². The van der Waals surface area contributed by atoms with Gasteiger partial charge in [0.05, 0.1) is 11.4 Å². The fourth-order valence-electron chi connectivity index (χ4n) is 6.04. The maximum Gasteiger partial charge on any atom is 0.224 e. The van der Waals surface area contributed by atoms with Crippen molar-refractivity contribution in [1.29, 1.82) is 0 Å². The van der Waals surface area contributed by atoms with Gasteiger partial charge in [-0.15, -0.1) is 0 Å². The number of aromatic nitrogens is 3. The van der Waals surface area contributed by atoms with Crippen molar-refractivity contribution in [2.24, 2.45) is 0 Å². The number of hydrogen-bond donors (Lipinski definition) is 2. The number of anilines is 4. The van der Waals surface area contributed by atoms with E-state index in [-0.39, 0.29) is 0 Å². The first-order valence-corrected chi connectivity index (χ1v) is 14.9. The van der Waals surface area contributed by atoms with Crippen molar-refractivity contribution in [3.05, 3.63) is 138 Å². The Morgan fingerprint density at radius 3 is 1.80 bits per heavy atom. The SMILES string of the molecule is c1ccc(Oc2cccc(Oc3cccc4c3Nc3c(cccc3-c3cccc5c3Nc3ncccc3CC5)CC4)n2)nc1. The van der Waals surface area contributed by atoms with Gasteiger partial charge in [0.2, 0.25) is 17.6 Å². The summed E-state index contributed by atoms with van der Waals surface area (Å²) in [5, 5.41) is 7.51. The van der Waals surface area contributed by atoms with Crippen molar-refractivity contribution in [3.8, 4) is 34.5 Å². The maximum atomic E-state index is 6.42. The van der Waals surface area contributed by atoms with Gasteiger partial charge in [-0.25, -0.2) is 9.97 Å². The Hall–Kier alpha value is -5.69. The summed E-state index contributed by atoms with van der Waals surface area (Å²) < 4.78 is 12.3. The van der Waals surface area contributed by atoms with Crippen LogP contribution in [0.2, 0.25) is 0 Å². The lowest BCUT2D eigenvalue weighted by atomic mass is 9.94. The van der Waals surface area contributed by atoms with Crippen LogP contribution in [-0.4, -0.2) is 15.0 Å². The molecule has 2 N–H and O–H groups in total. The molecule has 0 unspecified atom stereocenters. The number of benzene rings is 3. The van der Waals surface area contributed by atoms with Crippen LogP contribution in [0.25, 0.3) is 11.1 Å². The van der Waals surface area contributed by atoms with Crippen molar-refractivity contribution in [3.63, 3.8) is 0 Å². The molecule has 44 heavy (non-hydrogen) atoms. The molecule has 2 aliphatic rings. The van der Waals surface area contributed by atoms with E-state index < -0.39 is 0 Å². The number of pyridine rings is 3. The van der Waals surface area contributed by atoms with Crippen LogP contribution in [0.5, 0.6) is 23.4 Å². The Kier molecular flexibility index (Phi) is 6.60. The molecule has 0 aliphatic carbocycles. The topological polar surface area (TPSA) is 81.2 Å². The fourth-order valence-corrected chi connectivity index (χ4v) is 6.04. The molecule has 214 valence electrons. The molecule has 5 heterocycles. The van der Waals surface area contributed by atoms with Crippen LogP contribution in [0.4, 0.5) is 22.9 Å². The van der Waals surface area contributed by atoms with Crippen LogP contribution in [0.1, 0.15) is 22.3 Å². The highest BCUT2D eigenvalue weighted by atomic mass is 16.5. The van der Waals surface area contributed by atoms with E-state index in [1.54, 1.807) is 18.3 Å². The molecule has 7 heteroatoms. The number of aryl methyl sites for hydroxylation is 4. The van der Waals surface area contributed by atoms with Crippen LogP contribution in [-0.2, 0) is 25.7 Å². The van der Waals surface area contributed by atoms with Crippen molar-refractivity contribution in [1.82, 2.24) is 15.0 Å². The molecule has 3 aromatic heterocycles. The molecular formula is C37H29N5O2. The predicted molar refractivity (Wildman–Crippen MR) is 173 cm³/mol. The molecule has 8 rings (SSSR count). The monoisotopic (exact) mass is 575 g/mol. The number of fused-ring (bicyclic) bond motifs is 4. The highest BCUT2D eigenvalue weighted by Gasteiger charge is 2.23. The summed E-state index contributed by atoms with van der Waals surface area (Å²) in [6.07, 6.45) is 7.23. The smallest absolute Gasteiger partial charge is 0.224 e. The predicted octanol–water partition coefficient (Wildman–Crippen LogP) is 8.81. The number of nitrogens with one attached hydrogen (secondary N) is 2. The third-order valence-corrected chi connectivity index (χ3v) is 8.18. The highest BCUT2D eigenvalue weighted by molar-refractivity contribution is 5.93. The summed E-state index contributed by atoms with van der Waals surface area (Å²) in [6.45, 7) is 0. The number of rotatable bonds is 5. The van der Waals surface area contributed by atoms with Crippen molar-refractivity contribution < 1.29 is 9.47 Å². The molecule has 0 bridgehead atoms. The Bertz CT molecular complexity index is 1990. The molecule has 0 fully saturated rings. The fraction of sp³-hybridized carbons (Fsp3) is 0.108. The molecule has 2 aliphatic heterocycles. The Morgan fingerprint density at radius 2 is 1.05 bits per heavy atom. The van der Waals surface area contributed by atoms with Crippen molar-refractivity contribution >= 4 is 22.9 Å². The van der Waals surface area contributed by atoms with Crippen LogP contribution in [0.15, 0.2) is 116 Å². The number of nitrogens with zero attached hydrogens (tertiary/aromatic N) is 3. The molecular weight excluding hydrogens is 546 g/mol. The van der Waals surface area contributed by atoms with Crippen molar-refractivity contribution in [2.45, 2.75) is 25.7 Å². The maximum absolute atomic E-state index is 6.42. The van der Waals surface area contributed by atoms with Gasteiger partial charge in [0, 0.05) is 47.4 Å². The van der Waals surface area contributed by atoms with E-state index in [9.17, 15) is 0 Å². The van der Waals surface area contributed by atoms with Crippen LogP contribution < -0.4 is 20.1 Å². The summed E-state index contributed by atoms with van der Waals surface area (Å²) in [5.41, 5.74) is 10.4. The van der Waals surface area contributed by atoms with E-state index in [0.29, 0.717) is 23.4 Å². The van der Waals surface area contributed by atoms with Gasteiger partial charge in [-0.2, -0.15) is 4.98 Å². The summed E-state index contributed by atoms with van der Waals surface area (Å²) in [7, 11) is 0. The van der Waals surface area contributed by atoms with E-state index in [2.05, 4.69) is 74.1 Å². The quantitative estimate of drug-likeness (QED) is 0.213. The summed E-state index contributed by atoms with van der Waals surface area (Å²) in [5.74, 6) is 2.96. The van der Waals surface area contributed by atoms with Gasteiger partial charge in [-0.05, 0) is 66.1 Å². The van der Waals surface area contributed by atoms with E-state index in [0.717, 1.165) is 59.7 Å². The first-order valence-electron chi connectivity index (χ1n) is 14.9. The van der Waals surface area contributed by atoms with E-state index in [1.807, 2.05) is 48.7 Å². The summed E-state index contributed by atoms with van der Waals surface area (Å²) in [6, 6.07) is 34.5. The molecule has 3 aromatic carbocycles. The first kappa shape index (κ1) is 26.0. The number of para-hydroxylation sites is 3. The van der Waals surface area contributed by atoms with Gasteiger partial charge < -0.3 is 20.1 Å². The standard InChI is InChI=1S/C37H29N5O2/c1-2-22-38-31(15-1)44-33-17-6-16-32(40-33)43-30-14-5-10-26-19-18-24-8-3-12-28(34(24)41-36(26)30)29-13-4-9-25-20-21-27-11-7-23-39-37(27)42-35(25)29/h1-17,22-23,41H,18-21H2,(H,39,42). The second-order valence-electron chi connectivity index (χ2n) is 10.9. The molecule has 0 spiro atoms. The Balaban J connectivity index is 1.16. The number of ether oxygens (including phenoxy) is 2.